The van der Waals surface area contributed by atoms with Gasteiger partial charge in [0.2, 0.25) is 0 Å². The number of fused-ring (bicyclic) bond motifs is 1. The van der Waals surface area contributed by atoms with Crippen molar-refractivity contribution in [1.29, 1.82) is 0 Å². The summed E-state index contributed by atoms with van der Waals surface area (Å²) in [6.07, 6.45) is 2.31. The zero-order chi connectivity index (χ0) is 15.5. The molecule has 116 valence electrons. The molecule has 1 aliphatic heterocycles. The molecule has 0 aliphatic carbocycles. The smallest absolute Gasteiger partial charge is 0.255 e. The van der Waals surface area contributed by atoms with Crippen LogP contribution in [0.1, 0.15) is 30.1 Å². The van der Waals surface area contributed by atoms with Gasteiger partial charge in [0.25, 0.3) is 5.91 Å². The summed E-state index contributed by atoms with van der Waals surface area (Å²) in [5.74, 6) is -0.138. The van der Waals surface area contributed by atoms with Gasteiger partial charge in [-0.25, -0.2) is 0 Å². The van der Waals surface area contributed by atoms with E-state index in [-0.39, 0.29) is 11.7 Å². The Hall–Kier alpha value is -2.07. The zero-order valence-electron chi connectivity index (χ0n) is 12.9. The molecule has 1 aliphatic rings. The van der Waals surface area contributed by atoms with E-state index in [2.05, 4.69) is 17.1 Å². The molecule has 0 unspecified atom stereocenters. The summed E-state index contributed by atoms with van der Waals surface area (Å²) in [7, 11) is 0. The highest BCUT2D eigenvalue weighted by Crippen LogP contribution is 2.28. The number of aromatic hydroxyl groups is 1. The fourth-order valence-corrected chi connectivity index (χ4v) is 3.29. The van der Waals surface area contributed by atoms with Crippen molar-refractivity contribution in [3.8, 4) is 5.75 Å². The predicted molar refractivity (Wildman–Crippen MR) is 88.2 cm³/mol. The minimum atomic E-state index is -0.203. The average molecular weight is 298 g/mol. The summed E-state index contributed by atoms with van der Waals surface area (Å²) in [5, 5.41) is 15.0. The lowest BCUT2D eigenvalue weighted by molar-refractivity contribution is 0.0939. The molecule has 2 aromatic carbocycles. The second-order valence-electron chi connectivity index (χ2n) is 5.82. The Balaban J connectivity index is 1.74. The van der Waals surface area contributed by atoms with Crippen molar-refractivity contribution >= 4 is 16.7 Å². The number of likely N-dealkylation sites (tertiary alicyclic amines) is 1. The summed E-state index contributed by atoms with van der Waals surface area (Å²) in [6, 6.07) is 11.5. The number of phenols is 1. The highest BCUT2D eigenvalue weighted by atomic mass is 16.3. The number of rotatable bonds is 4. The molecule has 1 heterocycles. The van der Waals surface area contributed by atoms with Gasteiger partial charge in [0.05, 0.1) is 5.56 Å². The molecule has 22 heavy (non-hydrogen) atoms. The van der Waals surface area contributed by atoms with Crippen LogP contribution in [0.3, 0.4) is 0 Å². The van der Waals surface area contributed by atoms with Crippen molar-refractivity contribution in [2.45, 2.75) is 25.8 Å². The number of carbonyl (C=O) groups is 1. The standard InChI is InChI=1S/C18H22N2O2/c1-2-20-11-5-7-14(20)12-19-18(22)16-10-9-13-6-3-4-8-15(13)17(16)21/h3-4,6,8-10,14,21H,2,5,7,11-12H2,1H3,(H,19,22)/t14-/m1/s1. The summed E-state index contributed by atoms with van der Waals surface area (Å²) in [5.41, 5.74) is 0.347. The van der Waals surface area contributed by atoms with E-state index in [1.54, 1.807) is 6.07 Å². The maximum atomic E-state index is 12.4. The Morgan fingerprint density at radius 1 is 1.32 bits per heavy atom. The second-order valence-corrected chi connectivity index (χ2v) is 5.82. The van der Waals surface area contributed by atoms with Crippen LogP contribution in [0.15, 0.2) is 36.4 Å². The molecule has 2 N–H and O–H groups in total. The molecule has 1 saturated heterocycles. The third-order valence-corrected chi connectivity index (χ3v) is 4.55. The van der Waals surface area contributed by atoms with Crippen molar-refractivity contribution in [2.24, 2.45) is 0 Å². The van der Waals surface area contributed by atoms with E-state index in [9.17, 15) is 9.90 Å². The lowest BCUT2D eigenvalue weighted by Crippen LogP contribution is -2.40. The van der Waals surface area contributed by atoms with E-state index < -0.39 is 0 Å². The minimum Gasteiger partial charge on any atom is -0.506 e. The Morgan fingerprint density at radius 2 is 2.14 bits per heavy atom. The molecule has 3 rings (SSSR count). The maximum Gasteiger partial charge on any atom is 0.255 e. The highest BCUT2D eigenvalue weighted by Gasteiger charge is 2.23. The number of phenolic OH excluding ortho intramolecular Hbond substituents is 1. The number of carbonyl (C=O) groups excluding carboxylic acids is 1. The minimum absolute atomic E-state index is 0.0642. The Morgan fingerprint density at radius 3 is 2.95 bits per heavy atom. The first-order valence-electron chi connectivity index (χ1n) is 7.93. The SMILES string of the molecule is CCN1CCC[C@@H]1CNC(=O)c1ccc2ccccc2c1O. The quantitative estimate of drug-likeness (QED) is 0.912. The predicted octanol–water partition coefficient (Wildman–Crippen LogP) is 2.76. The van der Waals surface area contributed by atoms with E-state index in [4.69, 9.17) is 0 Å². The third kappa shape index (κ3) is 2.79. The van der Waals surface area contributed by atoms with Crippen LogP contribution in [0.4, 0.5) is 0 Å². The largest absolute Gasteiger partial charge is 0.506 e. The lowest BCUT2D eigenvalue weighted by Gasteiger charge is -2.23. The van der Waals surface area contributed by atoms with Crippen LogP contribution in [0.2, 0.25) is 0 Å². The second kappa shape index (κ2) is 6.36. The summed E-state index contributed by atoms with van der Waals surface area (Å²) in [4.78, 5) is 14.8. The van der Waals surface area contributed by atoms with Crippen molar-refractivity contribution < 1.29 is 9.90 Å². The molecule has 0 aromatic heterocycles. The van der Waals surface area contributed by atoms with Gasteiger partial charge >= 0.3 is 0 Å². The molecular formula is C18H22N2O2. The molecule has 4 nitrogen and oxygen atoms in total. The third-order valence-electron chi connectivity index (χ3n) is 4.55. The van der Waals surface area contributed by atoms with Crippen molar-refractivity contribution in [2.75, 3.05) is 19.6 Å². The van der Waals surface area contributed by atoms with Gasteiger partial charge in [-0.2, -0.15) is 0 Å². The van der Waals surface area contributed by atoms with Crippen LogP contribution in [0.25, 0.3) is 10.8 Å². The van der Waals surface area contributed by atoms with E-state index in [0.29, 0.717) is 23.5 Å². The number of hydrogen-bond donors (Lipinski definition) is 2. The van der Waals surface area contributed by atoms with Crippen molar-refractivity contribution in [1.82, 2.24) is 10.2 Å². The van der Waals surface area contributed by atoms with Crippen LogP contribution in [-0.2, 0) is 0 Å². The van der Waals surface area contributed by atoms with Gasteiger partial charge in [0.15, 0.2) is 0 Å². The number of nitrogens with zero attached hydrogens (tertiary/aromatic N) is 1. The van der Waals surface area contributed by atoms with Crippen LogP contribution < -0.4 is 5.32 Å². The Bertz CT molecular complexity index is 684. The summed E-state index contributed by atoms with van der Waals surface area (Å²) < 4.78 is 0. The fraction of sp³-hybridized carbons (Fsp3) is 0.389. The molecule has 4 heteroatoms. The van der Waals surface area contributed by atoms with E-state index in [0.717, 1.165) is 24.9 Å². The monoisotopic (exact) mass is 298 g/mol. The molecule has 0 radical (unpaired) electrons. The molecular weight excluding hydrogens is 276 g/mol. The number of nitrogens with one attached hydrogen (secondary N) is 1. The molecule has 0 saturated carbocycles. The van der Waals surface area contributed by atoms with Crippen molar-refractivity contribution in [3.05, 3.63) is 42.0 Å². The van der Waals surface area contributed by atoms with E-state index >= 15 is 0 Å². The van der Waals surface area contributed by atoms with Crippen LogP contribution >= 0.6 is 0 Å². The van der Waals surface area contributed by atoms with Crippen LogP contribution in [-0.4, -0.2) is 41.6 Å². The maximum absolute atomic E-state index is 12.4. The average Bonchev–Trinajstić information content (AvgIpc) is 3.01. The normalized spacial score (nSPS) is 18.7. The lowest BCUT2D eigenvalue weighted by atomic mass is 10.0. The number of benzene rings is 2. The Kier molecular flexibility index (Phi) is 4.29. The van der Waals surface area contributed by atoms with Gasteiger partial charge in [-0.15, -0.1) is 0 Å². The van der Waals surface area contributed by atoms with Gasteiger partial charge < -0.3 is 10.4 Å². The first-order valence-corrected chi connectivity index (χ1v) is 7.93. The van der Waals surface area contributed by atoms with Crippen molar-refractivity contribution in [3.63, 3.8) is 0 Å². The Labute approximate surface area is 130 Å². The number of hydrogen-bond acceptors (Lipinski definition) is 3. The van der Waals surface area contributed by atoms with Crippen LogP contribution in [0.5, 0.6) is 5.75 Å². The number of likely N-dealkylation sites (N-methyl/N-ethyl adjacent to an activating group) is 1. The van der Waals surface area contributed by atoms with E-state index in [1.165, 1.54) is 6.42 Å². The molecule has 1 fully saturated rings. The fourth-order valence-electron chi connectivity index (χ4n) is 3.29. The molecule has 1 atom stereocenters. The summed E-state index contributed by atoms with van der Waals surface area (Å²) >= 11 is 0. The molecule has 2 aromatic rings. The zero-order valence-corrected chi connectivity index (χ0v) is 12.9. The topological polar surface area (TPSA) is 52.6 Å². The highest BCUT2D eigenvalue weighted by molar-refractivity contribution is 6.03. The van der Waals surface area contributed by atoms with Gasteiger partial charge in [0, 0.05) is 18.0 Å². The van der Waals surface area contributed by atoms with Crippen LogP contribution in [0, 0.1) is 0 Å². The van der Waals surface area contributed by atoms with Gasteiger partial charge in [0.1, 0.15) is 5.75 Å². The first-order chi connectivity index (χ1) is 10.7. The molecule has 1 amide bonds. The van der Waals surface area contributed by atoms with Gasteiger partial charge in [-0.05, 0) is 37.4 Å². The van der Waals surface area contributed by atoms with Gasteiger partial charge in [-0.1, -0.05) is 37.3 Å². The van der Waals surface area contributed by atoms with E-state index in [1.807, 2.05) is 30.3 Å². The molecule has 0 spiro atoms. The van der Waals surface area contributed by atoms with Gasteiger partial charge in [-0.3, -0.25) is 9.69 Å². The first kappa shape index (κ1) is 14.9. The number of amides is 1. The summed E-state index contributed by atoms with van der Waals surface area (Å²) in [6.45, 7) is 4.91. The molecule has 0 bridgehead atoms.